The van der Waals surface area contributed by atoms with Gasteiger partial charge in [0.2, 0.25) is 0 Å². The molecule has 0 aliphatic rings. The number of aryl methyl sites for hydroxylation is 1. The fourth-order valence-corrected chi connectivity index (χ4v) is 3.16. The highest BCUT2D eigenvalue weighted by Crippen LogP contribution is 2.19. The molecule has 0 unspecified atom stereocenters. The Morgan fingerprint density at radius 2 is 1.96 bits per heavy atom. The minimum absolute atomic E-state index is 0.0479. The first-order valence-electron chi connectivity index (χ1n) is 7.94. The van der Waals surface area contributed by atoms with E-state index in [2.05, 4.69) is 5.32 Å². The molecule has 1 N–H and O–H groups in total. The number of nitrogens with one attached hydrogen (secondary N) is 1. The van der Waals surface area contributed by atoms with Crippen LogP contribution in [0.5, 0.6) is 5.75 Å². The van der Waals surface area contributed by atoms with Gasteiger partial charge >= 0.3 is 0 Å². The fraction of sp³-hybridized carbons (Fsp3) is 0.316. The van der Waals surface area contributed by atoms with Crippen LogP contribution in [0.15, 0.2) is 42.5 Å². The van der Waals surface area contributed by atoms with Crippen molar-refractivity contribution < 1.29 is 9.53 Å². The van der Waals surface area contributed by atoms with Crippen molar-refractivity contribution in [2.24, 2.45) is 0 Å². The minimum Gasteiger partial charge on any atom is -0.494 e. The third kappa shape index (κ3) is 5.77. The summed E-state index contributed by atoms with van der Waals surface area (Å²) in [6.45, 7) is 5.16. The van der Waals surface area contributed by atoms with E-state index in [1.807, 2.05) is 50.2 Å². The highest BCUT2D eigenvalue weighted by Gasteiger charge is 2.07. The molecule has 0 aliphatic carbocycles. The molecule has 0 aromatic heterocycles. The molecule has 0 radical (unpaired) electrons. The normalized spacial score (nSPS) is 10.5. The van der Waals surface area contributed by atoms with Crippen molar-refractivity contribution in [1.82, 2.24) is 5.32 Å². The first-order valence-corrected chi connectivity index (χ1v) is 9.47. The molecule has 0 saturated carbocycles. The molecule has 0 atom stereocenters. The van der Waals surface area contributed by atoms with Gasteiger partial charge < -0.3 is 10.1 Å². The van der Waals surface area contributed by atoms with Gasteiger partial charge in [-0.25, -0.2) is 0 Å². The van der Waals surface area contributed by atoms with Gasteiger partial charge in [-0.2, -0.15) is 11.8 Å². The number of hydrogen-bond acceptors (Lipinski definition) is 3. The zero-order valence-electron chi connectivity index (χ0n) is 14.0. The van der Waals surface area contributed by atoms with Crippen LogP contribution in [-0.2, 0) is 5.75 Å². The number of ether oxygens (including phenoxy) is 1. The largest absolute Gasteiger partial charge is 0.494 e. The van der Waals surface area contributed by atoms with E-state index in [0.29, 0.717) is 18.7 Å². The Bertz CT molecular complexity index is 674. The molecule has 24 heavy (non-hydrogen) atoms. The molecule has 0 saturated heterocycles. The van der Waals surface area contributed by atoms with Gasteiger partial charge in [-0.15, -0.1) is 0 Å². The van der Waals surface area contributed by atoms with Crippen LogP contribution in [0.3, 0.4) is 0 Å². The van der Waals surface area contributed by atoms with E-state index < -0.39 is 0 Å². The molecule has 2 aromatic rings. The molecule has 0 heterocycles. The molecule has 2 aromatic carbocycles. The number of thioether (sulfide) groups is 1. The van der Waals surface area contributed by atoms with E-state index in [0.717, 1.165) is 27.8 Å². The number of carbonyl (C=O) groups is 1. The van der Waals surface area contributed by atoms with Gasteiger partial charge in [-0.05, 0) is 55.3 Å². The lowest BCUT2D eigenvalue weighted by molar-refractivity contribution is 0.0956. The predicted octanol–water partition coefficient (Wildman–Crippen LogP) is 4.71. The number of rotatable bonds is 8. The second kappa shape index (κ2) is 9.60. The second-order valence-electron chi connectivity index (χ2n) is 5.35. The molecule has 1 amide bonds. The Labute approximate surface area is 152 Å². The number of hydrogen-bond donors (Lipinski definition) is 1. The third-order valence-corrected chi connectivity index (χ3v) is 4.73. The monoisotopic (exact) mass is 363 g/mol. The number of amides is 1. The predicted molar refractivity (Wildman–Crippen MR) is 102 cm³/mol. The smallest absolute Gasteiger partial charge is 0.251 e. The SMILES string of the molecule is CCOc1ccc(C(=O)NCCSCc2ccc(Cl)cc2)cc1C. The van der Waals surface area contributed by atoms with Crippen molar-refractivity contribution in [2.75, 3.05) is 18.9 Å². The average molecular weight is 364 g/mol. The molecular weight excluding hydrogens is 342 g/mol. The van der Waals surface area contributed by atoms with E-state index >= 15 is 0 Å². The second-order valence-corrected chi connectivity index (χ2v) is 6.89. The van der Waals surface area contributed by atoms with Crippen molar-refractivity contribution in [1.29, 1.82) is 0 Å². The average Bonchev–Trinajstić information content (AvgIpc) is 2.58. The molecule has 0 fully saturated rings. The highest BCUT2D eigenvalue weighted by molar-refractivity contribution is 7.98. The summed E-state index contributed by atoms with van der Waals surface area (Å²) >= 11 is 7.65. The molecular formula is C19H22ClNO2S. The van der Waals surface area contributed by atoms with Crippen molar-refractivity contribution in [3.8, 4) is 5.75 Å². The third-order valence-electron chi connectivity index (χ3n) is 3.45. The summed E-state index contributed by atoms with van der Waals surface area (Å²) in [7, 11) is 0. The molecule has 128 valence electrons. The summed E-state index contributed by atoms with van der Waals surface area (Å²) < 4.78 is 5.49. The maximum atomic E-state index is 12.2. The minimum atomic E-state index is -0.0479. The Balaban J connectivity index is 1.73. The van der Waals surface area contributed by atoms with Crippen LogP contribution in [0.1, 0.15) is 28.4 Å². The van der Waals surface area contributed by atoms with Crippen LogP contribution in [-0.4, -0.2) is 24.8 Å². The van der Waals surface area contributed by atoms with Crippen molar-refractivity contribution in [3.05, 3.63) is 64.2 Å². The Hall–Kier alpha value is -1.65. The van der Waals surface area contributed by atoms with Gasteiger partial charge in [0.1, 0.15) is 5.75 Å². The lowest BCUT2D eigenvalue weighted by atomic mass is 10.1. The first kappa shape index (κ1) is 18.7. The standard InChI is InChI=1S/C19H22ClNO2S/c1-3-23-18-9-6-16(12-14(18)2)19(22)21-10-11-24-13-15-4-7-17(20)8-5-15/h4-9,12H,3,10-11,13H2,1-2H3,(H,21,22). The maximum Gasteiger partial charge on any atom is 0.251 e. The Kier molecular flexibility index (Phi) is 7.47. The molecule has 0 aliphatic heterocycles. The van der Waals surface area contributed by atoms with E-state index in [1.165, 1.54) is 5.56 Å². The Morgan fingerprint density at radius 3 is 2.62 bits per heavy atom. The summed E-state index contributed by atoms with van der Waals surface area (Å²) in [5.74, 6) is 2.56. The summed E-state index contributed by atoms with van der Waals surface area (Å²) in [5, 5.41) is 3.70. The summed E-state index contributed by atoms with van der Waals surface area (Å²) in [6, 6.07) is 13.4. The molecule has 0 bridgehead atoms. The van der Waals surface area contributed by atoms with Crippen LogP contribution in [0, 0.1) is 6.92 Å². The van der Waals surface area contributed by atoms with E-state index in [4.69, 9.17) is 16.3 Å². The van der Waals surface area contributed by atoms with Crippen LogP contribution >= 0.6 is 23.4 Å². The zero-order chi connectivity index (χ0) is 17.4. The summed E-state index contributed by atoms with van der Waals surface area (Å²) in [6.07, 6.45) is 0. The molecule has 2 rings (SSSR count). The van der Waals surface area contributed by atoms with Crippen molar-refractivity contribution >= 4 is 29.3 Å². The summed E-state index contributed by atoms with van der Waals surface area (Å²) in [5.41, 5.74) is 2.87. The van der Waals surface area contributed by atoms with Crippen LogP contribution in [0.25, 0.3) is 0 Å². The number of carbonyl (C=O) groups excluding carboxylic acids is 1. The van der Waals surface area contributed by atoms with Gasteiger partial charge in [0.05, 0.1) is 6.61 Å². The van der Waals surface area contributed by atoms with Crippen LogP contribution < -0.4 is 10.1 Å². The van der Waals surface area contributed by atoms with Crippen molar-refractivity contribution in [3.63, 3.8) is 0 Å². The molecule has 5 heteroatoms. The lowest BCUT2D eigenvalue weighted by Crippen LogP contribution is -2.25. The van der Waals surface area contributed by atoms with Gasteiger partial charge in [-0.3, -0.25) is 4.79 Å². The van der Waals surface area contributed by atoms with Crippen molar-refractivity contribution in [2.45, 2.75) is 19.6 Å². The zero-order valence-corrected chi connectivity index (χ0v) is 15.5. The van der Waals surface area contributed by atoms with Gasteiger partial charge in [0.25, 0.3) is 5.91 Å². The molecule has 0 spiro atoms. The maximum absolute atomic E-state index is 12.2. The van der Waals surface area contributed by atoms with Crippen LogP contribution in [0.4, 0.5) is 0 Å². The summed E-state index contributed by atoms with van der Waals surface area (Å²) in [4.78, 5) is 12.2. The quantitative estimate of drug-likeness (QED) is 0.690. The van der Waals surface area contributed by atoms with E-state index in [1.54, 1.807) is 17.8 Å². The first-order chi connectivity index (χ1) is 11.6. The lowest BCUT2D eigenvalue weighted by Gasteiger charge is -2.09. The van der Waals surface area contributed by atoms with Gasteiger partial charge in [0, 0.05) is 28.6 Å². The fourth-order valence-electron chi connectivity index (χ4n) is 2.22. The van der Waals surface area contributed by atoms with Gasteiger partial charge in [-0.1, -0.05) is 23.7 Å². The van der Waals surface area contributed by atoms with Crippen LogP contribution in [0.2, 0.25) is 5.02 Å². The van der Waals surface area contributed by atoms with E-state index in [9.17, 15) is 4.79 Å². The van der Waals surface area contributed by atoms with Gasteiger partial charge in [0.15, 0.2) is 0 Å². The Morgan fingerprint density at radius 1 is 1.21 bits per heavy atom. The number of halogens is 1. The molecule has 3 nitrogen and oxygen atoms in total. The van der Waals surface area contributed by atoms with E-state index in [-0.39, 0.29) is 5.91 Å². The number of benzene rings is 2. The highest BCUT2D eigenvalue weighted by atomic mass is 35.5. The topological polar surface area (TPSA) is 38.3 Å².